The Kier molecular flexibility index (Phi) is 9.95. The molecule has 0 aromatic heterocycles. The van der Waals surface area contributed by atoms with Gasteiger partial charge in [-0.2, -0.15) is 0 Å². The first kappa shape index (κ1) is 22.1. The number of allylic oxidation sites excluding steroid dienone is 2. The Hall–Kier alpha value is -1.89. The zero-order chi connectivity index (χ0) is 18.9. The predicted molar refractivity (Wildman–Crippen MR) is 89.1 cm³/mol. The third kappa shape index (κ3) is 6.70. The summed E-state index contributed by atoms with van der Waals surface area (Å²) in [4.78, 5) is 33.2. The summed E-state index contributed by atoms with van der Waals surface area (Å²) in [5, 5.41) is 8.23. The molecule has 0 aliphatic heterocycles. The number of aliphatic carboxylic acids is 1. The highest BCUT2D eigenvalue weighted by Gasteiger charge is 2.38. The van der Waals surface area contributed by atoms with Gasteiger partial charge in [-0.3, -0.25) is 14.4 Å². The van der Waals surface area contributed by atoms with E-state index in [1.54, 1.807) is 13.8 Å². The first-order chi connectivity index (χ1) is 11.2. The van der Waals surface area contributed by atoms with Crippen molar-refractivity contribution in [2.75, 3.05) is 14.2 Å². The SMILES string of the molecule is C/C=C1/CCC(C(=O)OC)C(C(=O)OC)C1.CC(C)[C@H](N)C(=O)O. The highest BCUT2D eigenvalue weighted by Crippen LogP contribution is 2.35. The average Bonchev–Trinajstić information content (AvgIpc) is 2.59. The first-order valence-corrected chi connectivity index (χ1v) is 7.97. The van der Waals surface area contributed by atoms with Crippen molar-refractivity contribution in [3.05, 3.63) is 11.6 Å². The maximum Gasteiger partial charge on any atom is 0.320 e. The Labute approximate surface area is 143 Å². The van der Waals surface area contributed by atoms with Crippen molar-refractivity contribution in [2.45, 2.75) is 46.1 Å². The lowest BCUT2D eigenvalue weighted by atomic mass is 9.76. The van der Waals surface area contributed by atoms with E-state index < -0.39 is 17.9 Å². The fourth-order valence-corrected chi connectivity index (χ4v) is 2.45. The first-order valence-electron chi connectivity index (χ1n) is 7.97. The van der Waals surface area contributed by atoms with Gasteiger partial charge >= 0.3 is 17.9 Å². The molecule has 7 heteroatoms. The summed E-state index contributed by atoms with van der Waals surface area (Å²) in [6.07, 6.45) is 4.11. The van der Waals surface area contributed by atoms with Gasteiger partial charge in [0.25, 0.3) is 0 Å². The molecule has 2 unspecified atom stereocenters. The number of methoxy groups -OCH3 is 2. The molecule has 0 radical (unpaired) electrons. The summed E-state index contributed by atoms with van der Waals surface area (Å²) in [5.74, 6) is -2.30. The number of nitrogens with two attached hydrogens (primary N) is 1. The molecule has 138 valence electrons. The second kappa shape index (κ2) is 10.8. The Bertz CT molecular complexity index is 472. The molecule has 0 amide bonds. The van der Waals surface area contributed by atoms with Gasteiger partial charge in [0.05, 0.1) is 26.1 Å². The molecule has 24 heavy (non-hydrogen) atoms. The quantitative estimate of drug-likeness (QED) is 0.590. The largest absolute Gasteiger partial charge is 0.480 e. The van der Waals surface area contributed by atoms with Crippen molar-refractivity contribution < 1.29 is 29.0 Å². The van der Waals surface area contributed by atoms with Crippen molar-refractivity contribution >= 4 is 17.9 Å². The maximum absolute atomic E-state index is 11.6. The van der Waals surface area contributed by atoms with E-state index in [2.05, 4.69) is 0 Å². The number of hydrogen-bond donors (Lipinski definition) is 2. The monoisotopic (exact) mass is 343 g/mol. The van der Waals surface area contributed by atoms with E-state index in [0.717, 1.165) is 6.42 Å². The minimum Gasteiger partial charge on any atom is -0.480 e. The second-order valence-electron chi connectivity index (χ2n) is 6.06. The molecular weight excluding hydrogens is 314 g/mol. The predicted octanol–water partition coefficient (Wildman–Crippen LogP) is 1.75. The van der Waals surface area contributed by atoms with Gasteiger partial charge in [0.2, 0.25) is 0 Å². The fourth-order valence-electron chi connectivity index (χ4n) is 2.45. The van der Waals surface area contributed by atoms with Crippen LogP contribution in [0.4, 0.5) is 0 Å². The third-order valence-electron chi connectivity index (χ3n) is 4.16. The Morgan fingerprint density at radius 2 is 1.67 bits per heavy atom. The summed E-state index contributed by atoms with van der Waals surface area (Å²) < 4.78 is 9.45. The van der Waals surface area contributed by atoms with E-state index in [9.17, 15) is 14.4 Å². The van der Waals surface area contributed by atoms with Gasteiger partial charge < -0.3 is 20.3 Å². The highest BCUT2D eigenvalue weighted by atomic mass is 16.5. The van der Waals surface area contributed by atoms with Crippen molar-refractivity contribution in [3.63, 3.8) is 0 Å². The molecule has 0 spiro atoms. The van der Waals surface area contributed by atoms with Crippen LogP contribution in [0, 0.1) is 17.8 Å². The van der Waals surface area contributed by atoms with Crippen LogP contribution in [0.5, 0.6) is 0 Å². The highest BCUT2D eigenvalue weighted by molar-refractivity contribution is 5.82. The van der Waals surface area contributed by atoms with Crippen LogP contribution in [-0.2, 0) is 23.9 Å². The van der Waals surface area contributed by atoms with Crippen molar-refractivity contribution in [3.8, 4) is 0 Å². The number of carbonyl (C=O) groups excluding carboxylic acids is 2. The normalized spacial score (nSPS) is 23.0. The fraction of sp³-hybridized carbons (Fsp3) is 0.706. The lowest BCUT2D eigenvalue weighted by molar-refractivity contribution is -0.158. The van der Waals surface area contributed by atoms with Gasteiger partial charge in [0.15, 0.2) is 0 Å². The molecule has 1 aliphatic rings. The molecule has 3 N–H and O–H groups in total. The number of carboxylic acids is 1. The van der Waals surface area contributed by atoms with E-state index >= 15 is 0 Å². The van der Waals surface area contributed by atoms with Crippen LogP contribution in [0.2, 0.25) is 0 Å². The summed E-state index contributed by atoms with van der Waals surface area (Å²) in [5.41, 5.74) is 6.36. The van der Waals surface area contributed by atoms with E-state index in [-0.39, 0.29) is 23.8 Å². The number of ether oxygens (including phenoxy) is 2. The standard InChI is InChI=1S/C12H18O4.C5H11NO2/c1-4-8-5-6-9(11(13)15-2)10(7-8)12(14)16-3;1-3(2)4(6)5(7)8/h4,9-10H,5-7H2,1-3H3;3-4H,6H2,1-2H3,(H,7,8)/b8-4-;/t;4-/m.0/s1. The van der Waals surface area contributed by atoms with Gasteiger partial charge in [-0.05, 0) is 32.1 Å². The van der Waals surface area contributed by atoms with Crippen molar-refractivity contribution in [1.82, 2.24) is 0 Å². The van der Waals surface area contributed by atoms with Crippen LogP contribution < -0.4 is 5.73 Å². The molecule has 7 nitrogen and oxygen atoms in total. The summed E-state index contributed by atoms with van der Waals surface area (Å²) in [6, 6.07) is -0.713. The van der Waals surface area contributed by atoms with Crippen LogP contribution in [0.1, 0.15) is 40.0 Å². The molecule has 1 fully saturated rings. The topological polar surface area (TPSA) is 116 Å². The Morgan fingerprint density at radius 1 is 1.17 bits per heavy atom. The average molecular weight is 343 g/mol. The van der Waals surface area contributed by atoms with E-state index in [0.29, 0.717) is 12.8 Å². The molecule has 0 aromatic rings. The molecular formula is C17H29NO6. The second-order valence-corrected chi connectivity index (χ2v) is 6.06. The molecule has 0 bridgehead atoms. The summed E-state index contributed by atoms with van der Waals surface area (Å²) >= 11 is 0. The minimum absolute atomic E-state index is 0.0208. The molecule has 1 rings (SSSR count). The van der Waals surface area contributed by atoms with Crippen molar-refractivity contribution in [2.24, 2.45) is 23.5 Å². The Morgan fingerprint density at radius 3 is 2.00 bits per heavy atom. The van der Waals surface area contributed by atoms with Gasteiger partial charge in [0.1, 0.15) is 6.04 Å². The van der Waals surface area contributed by atoms with Crippen LogP contribution in [0.25, 0.3) is 0 Å². The number of hydrogen-bond acceptors (Lipinski definition) is 6. The smallest absolute Gasteiger partial charge is 0.320 e. The molecule has 3 atom stereocenters. The zero-order valence-electron chi connectivity index (χ0n) is 15.1. The summed E-state index contributed by atoms with van der Waals surface area (Å²) in [7, 11) is 2.70. The van der Waals surface area contributed by atoms with Crippen LogP contribution >= 0.6 is 0 Å². The van der Waals surface area contributed by atoms with Gasteiger partial charge in [-0.15, -0.1) is 0 Å². The molecule has 1 saturated carbocycles. The van der Waals surface area contributed by atoms with Crippen LogP contribution in [0.15, 0.2) is 11.6 Å². The minimum atomic E-state index is -0.931. The summed E-state index contributed by atoms with van der Waals surface area (Å²) in [6.45, 7) is 5.50. The molecule has 0 saturated heterocycles. The number of carboxylic acid groups (broad SMARTS) is 1. The number of esters is 2. The van der Waals surface area contributed by atoms with E-state index in [4.69, 9.17) is 20.3 Å². The van der Waals surface area contributed by atoms with Crippen molar-refractivity contribution in [1.29, 1.82) is 0 Å². The van der Waals surface area contributed by atoms with Gasteiger partial charge in [-0.25, -0.2) is 0 Å². The number of carbonyl (C=O) groups is 3. The van der Waals surface area contributed by atoms with Gasteiger partial charge in [0, 0.05) is 0 Å². The third-order valence-corrected chi connectivity index (χ3v) is 4.16. The Balaban J connectivity index is 0.000000561. The zero-order valence-corrected chi connectivity index (χ0v) is 15.1. The lowest BCUT2D eigenvalue weighted by Gasteiger charge is -2.29. The van der Waals surface area contributed by atoms with E-state index in [1.165, 1.54) is 19.8 Å². The maximum atomic E-state index is 11.6. The van der Waals surface area contributed by atoms with E-state index in [1.807, 2.05) is 13.0 Å². The van der Waals surface area contributed by atoms with Gasteiger partial charge in [-0.1, -0.05) is 25.5 Å². The lowest BCUT2D eigenvalue weighted by Crippen LogP contribution is -2.34. The molecule has 0 heterocycles. The van der Waals surface area contributed by atoms with Crippen LogP contribution in [-0.4, -0.2) is 43.3 Å². The molecule has 1 aliphatic carbocycles. The number of rotatable bonds is 4. The molecule has 0 aromatic carbocycles. The van der Waals surface area contributed by atoms with Crippen LogP contribution in [0.3, 0.4) is 0 Å².